The lowest BCUT2D eigenvalue weighted by atomic mass is 9.88. The standard InChI is InChI=1S/C14H18N2O/c1-14(2,13-15-8-9-17-13)12-5-3-4-11(16-12)10-6-7-10/h3-5,10H,6-9H2,1-2H3. The molecule has 0 N–H and O–H groups in total. The van der Waals surface area contributed by atoms with Crippen LogP contribution >= 0.6 is 0 Å². The van der Waals surface area contributed by atoms with Crippen LogP contribution in [0.4, 0.5) is 0 Å². The molecule has 0 radical (unpaired) electrons. The van der Waals surface area contributed by atoms with E-state index < -0.39 is 0 Å². The zero-order chi connectivity index (χ0) is 11.9. The highest BCUT2D eigenvalue weighted by molar-refractivity contribution is 5.87. The third kappa shape index (κ3) is 1.94. The summed E-state index contributed by atoms with van der Waals surface area (Å²) in [6.07, 6.45) is 2.57. The Morgan fingerprint density at radius 2 is 2.12 bits per heavy atom. The minimum Gasteiger partial charge on any atom is -0.478 e. The van der Waals surface area contributed by atoms with Crippen molar-refractivity contribution in [1.82, 2.24) is 4.98 Å². The number of pyridine rings is 1. The predicted octanol–water partition coefficient (Wildman–Crippen LogP) is 2.67. The summed E-state index contributed by atoms with van der Waals surface area (Å²) in [6, 6.07) is 6.32. The predicted molar refractivity (Wildman–Crippen MR) is 67.5 cm³/mol. The van der Waals surface area contributed by atoms with Gasteiger partial charge in [-0.1, -0.05) is 6.07 Å². The molecule has 0 bridgehead atoms. The largest absolute Gasteiger partial charge is 0.478 e. The maximum absolute atomic E-state index is 5.60. The molecular weight excluding hydrogens is 212 g/mol. The number of aromatic nitrogens is 1. The van der Waals surface area contributed by atoms with Gasteiger partial charge in [-0.25, -0.2) is 0 Å². The summed E-state index contributed by atoms with van der Waals surface area (Å²) in [5.41, 5.74) is 2.10. The molecule has 0 unspecified atom stereocenters. The summed E-state index contributed by atoms with van der Waals surface area (Å²) >= 11 is 0. The van der Waals surface area contributed by atoms with Crippen LogP contribution in [0, 0.1) is 0 Å². The van der Waals surface area contributed by atoms with Crippen LogP contribution in [0.1, 0.15) is 44.0 Å². The van der Waals surface area contributed by atoms with Gasteiger partial charge >= 0.3 is 0 Å². The molecule has 3 rings (SSSR count). The third-order valence-electron chi connectivity index (χ3n) is 3.53. The van der Waals surface area contributed by atoms with Crippen molar-refractivity contribution in [3.63, 3.8) is 0 Å². The second kappa shape index (κ2) is 3.83. The molecular formula is C14H18N2O. The monoisotopic (exact) mass is 230 g/mol. The van der Waals surface area contributed by atoms with E-state index in [2.05, 4.69) is 37.0 Å². The summed E-state index contributed by atoms with van der Waals surface area (Å²) < 4.78 is 5.60. The normalized spacial score (nSPS) is 20.0. The fraction of sp³-hybridized carbons (Fsp3) is 0.571. The van der Waals surface area contributed by atoms with E-state index in [0.717, 1.165) is 18.1 Å². The first kappa shape index (κ1) is 10.8. The van der Waals surface area contributed by atoms with Gasteiger partial charge in [-0.05, 0) is 38.8 Å². The summed E-state index contributed by atoms with van der Waals surface area (Å²) in [5.74, 6) is 1.52. The van der Waals surface area contributed by atoms with Crippen LogP contribution in [0.25, 0.3) is 0 Å². The van der Waals surface area contributed by atoms with Crippen LogP contribution in [0.3, 0.4) is 0 Å². The highest BCUT2D eigenvalue weighted by atomic mass is 16.5. The average molecular weight is 230 g/mol. The van der Waals surface area contributed by atoms with E-state index in [-0.39, 0.29) is 5.41 Å². The number of hydrogen-bond acceptors (Lipinski definition) is 3. The topological polar surface area (TPSA) is 34.5 Å². The van der Waals surface area contributed by atoms with Gasteiger partial charge in [0.15, 0.2) is 5.90 Å². The molecule has 2 heterocycles. The Balaban J connectivity index is 1.93. The Bertz CT molecular complexity index is 461. The smallest absolute Gasteiger partial charge is 0.195 e. The van der Waals surface area contributed by atoms with E-state index in [9.17, 15) is 0 Å². The van der Waals surface area contributed by atoms with Crippen molar-refractivity contribution in [2.24, 2.45) is 4.99 Å². The number of hydrogen-bond donors (Lipinski definition) is 0. The first-order valence-electron chi connectivity index (χ1n) is 6.33. The third-order valence-corrected chi connectivity index (χ3v) is 3.53. The lowest BCUT2D eigenvalue weighted by Crippen LogP contribution is -2.30. The van der Waals surface area contributed by atoms with Gasteiger partial charge in [-0.15, -0.1) is 0 Å². The van der Waals surface area contributed by atoms with Crippen LogP contribution in [0.2, 0.25) is 0 Å². The molecule has 1 aliphatic carbocycles. The lowest BCUT2D eigenvalue weighted by Gasteiger charge is -2.23. The maximum atomic E-state index is 5.60. The van der Waals surface area contributed by atoms with Crippen molar-refractivity contribution < 1.29 is 4.74 Å². The molecule has 0 aromatic carbocycles. The molecule has 0 amide bonds. The van der Waals surface area contributed by atoms with Gasteiger partial charge in [0.25, 0.3) is 0 Å². The number of nitrogens with zero attached hydrogens (tertiary/aromatic N) is 2. The van der Waals surface area contributed by atoms with Gasteiger partial charge < -0.3 is 4.74 Å². The van der Waals surface area contributed by atoms with Crippen LogP contribution in [-0.4, -0.2) is 24.0 Å². The minimum atomic E-state index is -0.207. The van der Waals surface area contributed by atoms with Crippen molar-refractivity contribution in [3.8, 4) is 0 Å². The highest BCUT2D eigenvalue weighted by Crippen LogP contribution is 2.39. The van der Waals surface area contributed by atoms with E-state index in [0.29, 0.717) is 12.5 Å². The van der Waals surface area contributed by atoms with E-state index >= 15 is 0 Å². The first-order valence-corrected chi connectivity index (χ1v) is 6.33. The Morgan fingerprint density at radius 1 is 1.29 bits per heavy atom. The summed E-state index contributed by atoms with van der Waals surface area (Å²) in [4.78, 5) is 9.22. The number of aliphatic imine (C=N–C) groups is 1. The van der Waals surface area contributed by atoms with Gasteiger partial charge in [-0.2, -0.15) is 0 Å². The second-order valence-corrected chi connectivity index (χ2v) is 5.38. The van der Waals surface area contributed by atoms with Gasteiger partial charge in [-0.3, -0.25) is 9.98 Å². The zero-order valence-electron chi connectivity index (χ0n) is 10.4. The molecule has 17 heavy (non-hydrogen) atoms. The first-order chi connectivity index (χ1) is 8.18. The molecule has 3 heteroatoms. The van der Waals surface area contributed by atoms with Crippen molar-refractivity contribution >= 4 is 5.90 Å². The molecule has 90 valence electrons. The van der Waals surface area contributed by atoms with Gasteiger partial charge in [0.2, 0.25) is 0 Å². The molecule has 1 saturated carbocycles. The lowest BCUT2D eigenvalue weighted by molar-refractivity contribution is 0.317. The fourth-order valence-corrected chi connectivity index (χ4v) is 2.23. The Labute approximate surface area is 102 Å². The summed E-state index contributed by atoms with van der Waals surface area (Å²) in [6.45, 7) is 5.76. The Morgan fingerprint density at radius 3 is 2.76 bits per heavy atom. The van der Waals surface area contributed by atoms with E-state index in [1.807, 2.05) is 0 Å². The SMILES string of the molecule is CC(C)(C1=NCCO1)c1cccc(C2CC2)n1. The molecule has 1 aromatic heterocycles. The van der Waals surface area contributed by atoms with Crippen LogP contribution in [0.15, 0.2) is 23.2 Å². The molecule has 0 spiro atoms. The van der Waals surface area contributed by atoms with E-state index in [4.69, 9.17) is 9.72 Å². The molecule has 3 nitrogen and oxygen atoms in total. The highest BCUT2D eigenvalue weighted by Gasteiger charge is 2.34. The molecule has 0 atom stereocenters. The Kier molecular flexibility index (Phi) is 2.42. The minimum absolute atomic E-state index is 0.207. The van der Waals surface area contributed by atoms with E-state index in [1.165, 1.54) is 18.5 Å². The fourth-order valence-electron chi connectivity index (χ4n) is 2.23. The summed E-state index contributed by atoms with van der Waals surface area (Å²) in [7, 11) is 0. The molecule has 1 aromatic rings. The van der Waals surface area contributed by atoms with Gasteiger partial charge in [0.1, 0.15) is 6.61 Å². The van der Waals surface area contributed by atoms with Crippen LogP contribution < -0.4 is 0 Å². The van der Waals surface area contributed by atoms with Gasteiger partial charge in [0.05, 0.1) is 17.7 Å². The van der Waals surface area contributed by atoms with Crippen molar-refractivity contribution in [3.05, 3.63) is 29.6 Å². The molecule has 2 aliphatic rings. The second-order valence-electron chi connectivity index (χ2n) is 5.38. The van der Waals surface area contributed by atoms with Gasteiger partial charge in [0, 0.05) is 11.6 Å². The number of rotatable bonds is 3. The van der Waals surface area contributed by atoms with Crippen molar-refractivity contribution in [2.75, 3.05) is 13.2 Å². The van der Waals surface area contributed by atoms with Crippen LogP contribution in [0.5, 0.6) is 0 Å². The molecule has 1 aliphatic heterocycles. The number of ether oxygens (including phenoxy) is 1. The van der Waals surface area contributed by atoms with Crippen molar-refractivity contribution in [2.45, 2.75) is 38.0 Å². The maximum Gasteiger partial charge on any atom is 0.195 e. The zero-order valence-corrected chi connectivity index (χ0v) is 10.4. The molecule has 0 saturated heterocycles. The quantitative estimate of drug-likeness (QED) is 0.800. The Hall–Kier alpha value is -1.38. The van der Waals surface area contributed by atoms with E-state index in [1.54, 1.807) is 0 Å². The molecule has 1 fully saturated rings. The average Bonchev–Trinajstić information content (AvgIpc) is 3.04. The van der Waals surface area contributed by atoms with Crippen molar-refractivity contribution in [1.29, 1.82) is 0 Å². The van der Waals surface area contributed by atoms with Crippen LogP contribution in [-0.2, 0) is 10.2 Å². The summed E-state index contributed by atoms with van der Waals surface area (Å²) in [5, 5.41) is 0.